The van der Waals surface area contributed by atoms with Gasteiger partial charge in [-0.3, -0.25) is 0 Å². The van der Waals surface area contributed by atoms with E-state index in [1.807, 2.05) is 54.6 Å². The van der Waals surface area contributed by atoms with E-state index in [1.165, 1.54) is 43.6 Å². The molecule has 0 aliphatic heterocycles. The summed E-state index contributed by atoms with van der Waals surface area (Å²) >= 11 is 0. The van der Waals surface area contributed by atoms with Gasteiger partial charge in [0, 0.05) is 49.4 Å². The van der Waals surface area contributed by atoms with Crippen LogP contribution in [0.4, 0.5) is 0 Å². The zero-order valence-electron chi connectivity index (χ0n) is 39.4. The minimum atomic E-state index is 0.608. The smallest absolute Gasteiger partial charge is 0.0991 e. The molecule has 73 heavy (non-hydrogen) atoms. The van der Waals surface area contributed by atoms with Gasteiger partial charge in [-0.05, 0) is 154 Å². The molecule has 14 aromatic rings. The standard InChI is InChI=1S/C68H41N5/c69-42-44-22-26-47(27-23-44)58-38-50(46-12-2-1-3-13-46)39-59(48-28-24-45(43-70)25-29-48)68(58)49-30-32-51(33-31-49)71-66-36-34-52(72-62-18-8-4-14-54(62)55-15-5-9-19-63(55)72)40-60(66)61-41-53(35-37-67(61)71)73-64-20-10-6-16-56(64)57-17-7-11-21-65(57)73/h1-41H. The Kier molecular flexibility index (Phi) is 9.58. The van der Waals surface area contributed by atoms with Crippen molar-refractivity contribution in [2.24, 2.45) is 0 Å². The van der Waals surface area contributed by atoms with Crippen LogP contribution in [-0.2, 0) is 0 Å². The van der Waals surface area contributed by atoms with Crippen molar-refractivity contribution in [2.75, 3.05) is 0 Å². The van der Waals surface area contributed by atoms with Crippen molar-refractivity contribution in [3.05, 3.63) is 260 Å². The quantitative estimate of drug-likeness (QED) is 0.160. The number of hydrogen-bond acceptors (Lipinski definition) is 2. The van der Waals surface area contributed by atoms with Crippen LogP contribution in [0, 0.1) is 22.7 Å². The fraction of sp³-hybridized carbons (Fsp3) is 0. The first kappa shape index (κ1) is 41.7. The lowest BCUT2D eigenvalue weighted by Gasteiger charge is -2.20. The van der Waals surface area contributed by atoms with Gasteiger partial charge in [0.25, 0.3) is 0 Å². The Morgan fingerprint density at radius 2 is 0.589 bits per heavy atom. The lowest BCUT2D eigenvalue weighted by Crippen LogP contribution is -1.97. The number of rotatable bonds is 7. The maximum atomic E-state index is 9.79. The van der Waals surface area contributed by atoms with E-state index in [1.54, 1.807) is 0 Å². The fourth-order valence-electron chi connectivity index (χ4n) is 11.4. The Morgan fingerprint density at radius 1 is 0.247 bits per heavy atom. The van der Waals surface area contributed by atoms with Crippen LogP contribution in [0.15, 0.2) is 249 Å². The minimum Gasteiger partial charge on any atom is -0.309 e. The summed E-state index contributed by atoms with van der Waals surface area (Å²) < 4.78 is 7.21. The number of nitriles is 2. The lowest BCUT2D eigenvalue weighted by molar-refractivity contribution is 1.16. The molecule has 0 unspecified atom stereocenters. The average molecular weight is 928 g/mol. The zero-order chi connectivity index (χ0) is 48.6. The van der Waals surface area contributed by atoms with E-state index in [0.29, 0.717) is 11.1 Å². The summed E-state index contributed by atoms with van der Waals surface area (Å²) in [5.74, 6) is 0. The van der Waals surface area contributed by atoms with Crippen molar-refractivity contribution in [2.45, 2.75) is 0 Å². The van der Waals surface area contributed by atoms with Gasteiger partial charge in [-0.25, -0.2) is 0 Å². The molecule has 0 N–H and O–H groups in total. The summed E-state index contributed by atoms with van der Waals surface area (Å²) in [6, 6.07) is 92.9. The van der Waals surface area contributed by atoms with E-state index >= 15 is 0 Å². The van der Waals surface area contributed by atoms with E-state index in [9.17, 15) is 10.5 Å². The summed E-state index contributed by atoms with van der Waals surface area (Å²) in [7, 11) is 0. The molecule has 0 amide bonds. The van der Waals surface area contributed by atoms with Crippen LogP contribution in [-0.4, -0.2) is 13.7 Å². The Balaban J connectivity index is 0.997. The second-order valence-corrected chi connectivity index (χ2v) is 18.7. The molecule has 3 heterocycles. The van der Waals surface area contributed by atoms with Gasteiger partial charge in [-0.2, -0.15) is 10.5 Å². The Hall–Kier alpha value is -10.2. The fourth-order valence-corrected chi connectivity index (χ4v) is 11.4. The lowest BCUT2D eigenvalue weighted by atomic mass is 9.84. The molecule has 0 radical (unpaired) electrons. The summed E-state index contributed by atoms with van der Waals surface area (Å²) in [4.78, 5) is 0. The molecule has 0 saturated carbocycles. The largest absolute Gasteiger partial charge is 0.309 e. The highest BCUT2D eigenvalue weighted by molar-refractivity contribution is 6.14. The molecule has 0 aliphatic rings. The van der Waals surface area contributed by atoms with Gasteiger partial charge >= 0.3 is 0 Å². The predicted molar refractivity (Wildman–Crippen MR) is 301 cm³/mol. The van der Waals surface area contributed by atoms with Gasteiger partial charge in [0.15, 0.2) is 0 Å². The Bertz CT molecular complexity index is 4240. The highest BCUT2D eigenvalue weighted by Gasteiger charge is 2.21. The van der Waals surface area contributed by atoms with Gasteiger partial charge in [-0.15, -0.1) is 0 Å². The van der Waals surface area contributed by atoms with Crippen molar-refractivity contribution in [3.63, 3.8) is 0 Å². The topological polar surface area (TPSA) is 62.4 Å². The normalized spacial score (nSPS) is 11.5. The third-order valence-electron chi connectivity index (χ3n) is 14.7. The SMILES string of the molecule is N#Cc1ccc(-c2cc(-c3ccccc3)cc(-c3ccc(C#N)cc3)c2-c2ccc(-n3c4ccc(-n5c6ccccc6c6ccccc65)cc4c4cc(-n5c6ccccc6c6ccccc65)ccc43)cc2)cc1. The van der Waals surface area contributed by atoms with E-state index in [2.05, 4.69) is 220 Å². The number of nitrogens with zero attached hydrogens (tertiary/aromatic N) is 5. The number of hydrogen-bond donors (Lipinski definition) is 0. The van der Waals surface area contributed by atoms with Gasteiger partial charge in [-0.1, -0.05) is 140 Å². The summed E-state index contributed by atoms with van der Waals surface area (Å²) in [5, 5.41) is 26.8. The second-order valence-electron chi connectivity index (χ2n) is 18.7. The molecule has 5 heteroatoms. The molecule has 0 aliphatic carbocycles. The molecule has 0 saturated heterocycles. The summed E-state index contributed by atoms with van der Waals surface area (Å²) in [5.41, 5.74) is 19.8. The first-order valence-corrected chi connectivity index (χ1v) is 24.5. The molecule has 0 atom stereocenters. The van der Waals surface area contributed by atoms with Crippen LogP contribution in [0.25, 0.3) is 127 Å². The van der Waals surface area contributed by atoms with Gasteiger partial charge in [0.2, 0.25) is 0 Å². The third kappa shape index (κ3) is 6.69. The Morgan fingerprint density at radius 3 is 1.00 bits per heavy atom. The van der Waals surface area contributed by atoms with Crippen LogP contribution >= 0.6 is 0 Å². The molecular formula is C68H41N5. The molecular weight excluding hydrogens is 887 g/mol. The van der Waals surface area contributed by atoms with E-state index in [0.717, 1.165) is 83.4 Å². The molecule has 11 aromatic carbocycles. The highest BCUT2D eigenvalue weighted by Crippen LogP contribution is 2.45. The van der Waals surface area contributed by atoms with Gasteiger partial charge in [0.05, 0.1) is 56.4 Å². The molecule has 5 nitrogen and oxygen atoms in total. The van der Waals surface area contributed by atoms with Crippen molar-refractivity contribution >= 4 is 65.4 Å². The number of benzene rings is 11. The van der Waals surface area contributed by atoms with Crippen molar-refractivity contribution < 1.29 is 0 Å². The number of aromatic nitrogens is 3. The monoisotopic (exact) mass is 927 g/mol. The zero-order valence-corrected chi connectivity index (χ0v) is 39.4. The maximum Gasteiger partial charge on any atom is 0.0991 e. The Labute approximate surface area is 421 Å². The van der Waals surface area contributed by atoms with E-state index < -0.39 is 0 Å². The number of fused-ring (bicyclic) bond motifs is 9. The first-order chi connectivity index (χ1) is 36.1. The molecule has 14 rings (SSSR count). The summed E-state index contributed by atoms with van der Waals surface area (Å²) in [6.07, 6.45) is 0. The van der Waals surface area contributed by atoms with Crippen LogP contribution in [0.1, 0.15) is 11.1 Å². The second kappa shape index (κ2) is 16.7. The predicted octanol–water partition coefficient (Wildman–Crippen LogP) is 17.4. The van der Waals surface area contributed by atoms with Crippen LogP contribution < -0.4 is 0 Å². The number of para-hydroxylation sites is 4. The van der Waals surface area contributed by atoms with Gasteiger partial charge < -0.3 is 13.7 Å². The van der Waals surface area contributed by atoms with Crippen molar-refractivity contribution in [1.29, 1.82) is 10.5 Å². The van der Waals surface area contributed by atoms with E-state index in [-0.39, 0.29) is 0 Å². The molecule has 338 valence electrons. The minimum absolute atomic E-state index is 0.608. The maximum absolute atomic E-state index is 9.79. The van der Waals surface area contributed by atoms with Crippen LogP contribution in [0.2, 0.25) is 0 Å². The molecule has 3 aromatic heterocycles. The first-order valence-electron chi connectivity index (χ1n) is 24.5. The highest BCUT2D eigenvalue weighted by atomic mass is 15.0. The van der Waals surface area contributed by atoms with Gasteiger partial charge in [0.1, 0.15) is 0 Å². The summed E-state index contributed by atoms with van der Waals surface area (Å²) in [6.45, 7) is 0. The van der Waals surface area contributed by atoms with Crippen LogP contribution in [0.3, 0.4) is 0 Å². The molecule has 0 bridgehead atoms. The molecule has 0 fully saturated rings. The van der Waals surface area contributed by atoms with Crippen molar-refractivity contribution in [3.8, 4) is 73.7 Å². The van der Waals surface area contributed by atoms with Crippen LogP contribution in [0.5, 0.6) is 0 Å². The molecule has 0 spiro atoms. The average Bonchev–Trinajstić information content (AvgIpc) is 4.10. The third-order valence-corrected chi connectivity index (χ3v) is 14.7. The van der Waals surface area contributed by atoms with E-state index in [4.69, 9.17) is 0 Å². The van der Waals surface area contributed by atoms with Crippen molar-refractivity contribution in [1.82, 2.24) is 13.7 Å².